The summed E-state index contributed by atoms with van der Waals surface area (Å²) in [5.74, 6) is 0.313. The number of aliphatic hydroxyl groups excluding tert-OH is 2. The molecule has 0 aromatic heterocycles. The molecule has 7 heteroatoms. The Balaban J connectivity index is 1.28. The quantitative estimate of drug-likeness (QED) is 0.488. The van der Waals surface area contributed by atoms with E-state index >= 15 is 0 Å². The number of ether oxygens (including phenoxy) is 2. The topological polar surface area (TPSA) is 62.2 Å². The molecule has 4 unspecified atom stereocenters. The molecule has 5 nitrogen and oxygen atoms in total. The van der Waals surface area contributed by atoms with Crippen LogP contribution >= 0.6 is 0 Å². The van der Waals surface area contributed by atoms with Crippen molar-refractivity contribution in [2.75, 3.05) is 13.1 Å². The number of rotatable bonds is 8. The number of fused-ring (bicyclic) bond motifs is 2. The zero-order valence-corrected chi connectivity index (χ0v) is 19.5. The first kappa shape index (κ1) is 24.2. The fourth-order valence-corrected chi connectivity index (χ4v) is 4.48. The molecule has 3 aromatic rings. The van der Waals surface area contributed by atoms with E-state index in [0.717, 1.165) is 5.56 Å². The molecule has 5 rings (SSSR count). The van der Waals surface area contributed by atoms with Gasteiger partial charge in [-0.15, -0.1) is 0 Å². The van der Waals surface area contributed by atoms with Gasteiger partial charge in [-0.05, 0) is 54.1 Å². The Morgan fingerprint density at radius 2 is 1.22 bits per heavy atom. The third kappa shape index (κ3) is 5.65. The summed E-state index contributed by atoms with van der Waals surface area (Å²) in [6, 6.07) is 18.3. The van der Waals surface area contributed by atoms with Crippen LogP contribution in [-0.4, -0.2) is 52.6 Å². The maximum atomic E-state index is 13.5. The predicted molar refractivity (Wildman–Crippen MR) is 133 cm³/mol. The van der Waals surface area contributed by atoms with Gasteiger partial charge in [0.1, 0.15) is 47.5 Å². The molecular formula is C29H27F2NO4. The zero-order valence-electron chi connectivity index (χ0n) is 19.5. The molecule has 0 amide bonds. The number of nitrogens with zero attached hydrogens (tertiary/aromatic N) is 1. The molecule has 36 heavy (non-hydrogen) atoms. The average molecular weight is 492 g/mol. The summed E-state index contributed by atoms with van der Waals surface area (Å²) in [4.78, 5) is 1.94. The Kier molecular flexibility index (Phi) is 7.13. The van der Waals surface area contributed by atoms with Gasteiger partial charge in [0, 0.05) is 30.8 Å². The Morgan fingerprint density at radius 1 is 0.722 bits per heavy atom. The lowest BCUT2D eigenvalue weighted by molar-refractivity contribution is -0.00267. The maximum absolute atomic E-state index is 13.5. The van der Waals surface area contributed by atoms with Gasteiger partial charge in [-0.2, -0.15) is 0 Å². The van der Waals surface area contributed by atoms with Crippen molar-refractivity contribution in [2.45, 2.75) is 31.0 Å². The third-order valence-corrected chi connectivity index (χ3v) is 6.30. The van der Waals surface area contributed by atoms with Gasteiger partial charge >= 0.3 is 0 Å². The van der Waals surface area contributed by atoms with Gasteiger partial charge in [0.05, 0.1) is 0 Å². The van der Waals surface area contributed by atoms with Gasteiger partial charge in [0.25, 0.3) is 0 Å². The molecule has 2 heterocycles. The lowest BCUT2D eigenvalue weighted by Crippen LogP contribution is -2.46. The maximum Gasteiger partial charge on any atom is 0.144 e. The predicted octanol–water partition coefficient (Wildman–Crippen LogP) is 4.44. The minimum atomic E-state index is -0.901. The highest BCUT2D eigenvalue weighted by Crippen LogP contribution is 2.29. The van der Waals surface area contributed by atoms with Gasteiger partial charge < -0.3 is 19.7 Å². The average Bonchev–Trinajstić information content (AvgIpc) is 2.88. The van der Waals surface area contributed by atoms with Crippen LogP contribution in [0.25, 0.3) is 12.2 Å². The molecule has 3 aromatic carbocycles. The molecule has 0 spiro atoms. The van der Waals surface area contributed by atoms with E-state index < -0.39 is 24.4 Å². The van der Waals surface area contributed by atoms with Gasteiger partial charge in [-0.25, -0.2) is 8.78 Å². The van der Waals surface area contributed by atoms with Crippen LogP contribution in [0.15, 0.2) is 78.9 Å². The molecule has 0 aliphatic carbocycles. The molecule has 2 aliphatic heterocycles. The second kappa shape index (κ2) is 10.6. The first-order valence-electron chi connectivity index (χ1n) is 11.9. The van der Waals surface area contributed by atoms with Crippen molar-refractivity contribution in [1.82, 2.24) is 4.90 Å². The Bertz CT molecular complexity index is 1190. The van der Waals surface area contributed by atoms with Crippen molar-refractivity contribution in [1.29, 1.82) is 0 Å². The molecule has 186 valence electrons. The SMILES string of the molecule is OC(CN(Cc1ccccc1)CC(O)C1C=Cc2cc(F)ccc2O1)C1C=Cc2cc(F)ccc2O1. The second-order valence-corrected chi connectivity index (χ2v) is 9.06. The van der Waals surface area contributed by atoms with Crippen molar-refractivity contribution in [3.8, 4) is 11.5 Å². The molecule has 0 radical (unpaired) electrons. The third-order valence-electron chi connectivity index (χ3n) is 6.30. The van der Waals surface area contributed by atoms with Crippen LogP contribution < -0.4 is 9.47 Å². The summed E-state index contributed by atoms with van der Waals surface area (Å²) in [5, 5.41) is 22.1. The summed E-state index contributed by atoms with van der Waals surface area (Å²) in [6.07, 6.45) is 3.88. The molecule has 0 fully saturated rings. The van der Waals surface area contributed by atoms with Gasteiger partial charge in [0.2, 0.25) is 0 Å². The summed E-state index contributed by atoms with van der Waals surface area (Å²) in [5.41, 5.74) is 2.27. The van der Waals surface area contributed by atoms with Crippen LogP contribution in [-0.2, 0) is 6.54 Å². The smallest absolute Gasteiger partial charge is 0.144 e. The fourth-order valence-electron chi connectivity index (χ4n) is 4.48. The van der Waals surface area contributed by atoms with E-state index in [4.69, 9.17) is 9.47 Å². The van der Waals surface area contributed by atoms with Crippen molar-refractivity contribution < 1.29 is 28.5 Å². The van der Waals surface area contributed by atoms with Gasteiger partial charge in [0.15, 0.2) is 0 Å². The highest BCUT2D eigenvalue weighted by molar-refractivity contribution is 5.61. The minimum Gasteiger partial charge on any atom is -0.483 e. The van der Waals surface area contributed by atoms with E-state index in [2.05, 4.69) is 0 Å². The number of hydrogen-bond acceptors (Lipinski definition) is 5. The van der Waals surface area contributed by atoms with E-state index in [9.17, 15) is 19.0 Å². The molecule has 0 saturated carbocycles. The van der Waals surface area contributed by atoms with E-state index in [1.54, 1.807) is 36.4 Å². The van der Waals surface area contributed by atoms with Crippen LogP contribution in [0, 0.1) is 11.6 Å². The minimum absolute atomic E-state index is 0.218. The largest absolute Gasteiger partial charge is 0.483 e. The summed E-state index contributed by atoms with van der Waals surface area (Å²) in [6.45, 7) is 0.927. The number of hydrogen-bond donors (Lipinski definition) is 2. The molecule has 0 bridgehead atoms. The molecule has 0 saturated heterocycles. The molecule has 4 atom stereocenters. The lowest BCUT2D eigenvalue weighted by atomic mass is 10.0. The number of benzene rings is 3. The second-order valence-electron chi connectivity index (χ2n) is 9.06. The van der Waals surface area contributed by atoms with Crippen LogP contribution in [0.1, 0.15) is 16.7 Å². The van der Waals surface area contributed by atoms with E-state index in [1.807, 2.05) is 35.2 Å². The Morgan fingerprint density at radius 3 is 1.72 bits per heavy atom. The van der Waals surface area contributed by atoms with Crippen LogP contribution in [0.2, 0.25) is 0 Å². The molecule has 2 aliphatic rings. The number of aliphatic hydroxyl groups is 2. The van der Waals surface area contributed by atoms with Crippen LogP contribution in [0.3, 0.4) is 0 Å². The monoisotopic (exact) mass is 491 g/mol. The summed E-state index contributed by atoms with van der Waals surface area (Å²) < 4.78 is 38.8. The van der Waals surface area contributed by atoms with Gasteiger partial charge in [-0.3, -0.25) is 4.90 Å². The molecule has 2 N–H and O–H groups in total. The normalized spacial score (nSPS) is 19.7. The standard InChI is InChI=1S/C29H27F2NO4/c30-22-8-12-26-20(14-22)6-10-28(35-26)24(33)17-32(16-19-4-2-1-3-5-19)18-25(34)29-11-7-21-15-23(31)9-13-27(21)36-29/h1-15,24-25,28-29,33-34H,16-18H2. The van der Waals surface area contributed by atoms with Crippen LogP contribution in [0.5, 0.6) is 11.5 Å². The molecular weight excluding hydrogens is 464 g/mol. The number of halogens is 2. The van der Waals surface area contributed by atoms with Crippen molar-refractivity contribution >= 4 is 12.2 Å². The fraction of sp³-hybridized carbons (Fsp3) is 0.241. The first-order valence-corrected chi connectivity index (χ1v) is 11.9. The highest BCUT2D eigenvalue weighted by Gasteiger charge is 2.29. The van der Waals surface area contributed by atoms with E-state index in [-0.39, 0.29) is 24.7 Å². The Hall–Kier alpha value is -3.52. The van der Waals surface area contributed by atoms with Crippen LogP contribution in [0.4, 0.5) is 8.78 Å². The van der Waals surface area contributed by atoms with Crippen molar-refractivity contribution in [3.63, 3.8) is 0 Å². The lowest BCUT2D eigenvalue weighted by Gasteiger charge is -2.33. The first-order chi connectivity index (χ1) is 17.4. The highest BCUT2D eigenvalue weighted by atomic mass is 19.1. The zero-order chi connectivity index (χ0) is 25.1. The van der Waals surface area contributed by atoms with E-state index in [1.165, 1.54) is 24.3 Å². The summed E-state index contributed by atoms with van der Waals surface area (Å²) >= 11 is 0. The van der Waals surface area contributed by atoms with Crippen molar-refractivity contribution in [2.24, 2.45) is 0 Å². The van der Waals surface area contributed by atoms with Crippen molar-refractivity contribution in [3.05, 3.63) is 107 Å². The van der Waals surface area contributed by atoms with E-state index in [0.29, 0.717) is 29.2 Å². The van der Waals surface area contributed by atoms with Gasteiger partial charge in [-0.1, -0.05) is 42.5 Å². The Labute approximate surface area is 208 Å². The summed E-state index contributed by atoms with van der Waals surface area (Å²) in [7, 11) is 0.